The quantitative estimate of drug-likeness (QED) is 0.790. The molecular formula is C12H21N3O. The van der Waals surface area contributed by atoms with Crippen molar-refractivity contribution in [2.24, 2.45) is 11.7 Å². The largest absolute Gasteiger partial charge is 0.354 e. The molecule has 1 aromatic heterocycles. The Morgan fingerprint density at radius 2 is 2.19 bits per heavy atom. The van der Waals surface area contributed by atoms with Crippen molar-refractivity contribution in [3.05, 3.63) is 24.0 Å². The fraction of sp³-hybridized carbons (Fsp3) is 0.583. The van der Waals surface area contributed by atoms with E-state index in [0.717, 1.165) is 5.69 Å². The van der Waals surface area contributed by atoms with Crippen LogP contribution in [-0.2, 0) is 11.3 Å². The van der Waals surface area contributed by atoms with Crippen LogP contribution in [0.15, 0.2) is 18.3 Å². The SMILES string of the molecule is CC(C)CNC(=O)Cn1cccc1C(C)N. The lowest BCUT2D eigenvalue weighted by molar-refractivity contribution is -0.121. The first-order valence-corrected chi connectivity index (χ1v) is 5.68. The van der Waals surface area contributed by atoms with Gasteiger partial charge in [-0.05, 0) is 25.0 Å². The lowest BCUT2D eigenvalue weighted by Crippen LogP contribution is -2.31. The van der Waals surface area contributed by atoms with Crippen LogP contribution >= 0.6 is 0 Å². The van der Waals surface area contributed by atoms with Crippen LogP contribution in [0.25, 0.3) is 0 Å². The van der Waals surface area contributed by atoms with Crippen LogP contribution in [0.1, 0.15) is 32.5 Å². The van der Waals surface area contributed by atoms with Gasteiger partial charge in [-0.2, -0.15) is 0 Å². The lowest BCUT2D eigenvalue weighted by atomic mass is 10.2. The minimum absolute atomic E-state index is 0.0341. The maximum Gasteiger partial charge on any atom is 0.239 e. The number of carbonyl (C=O) groups excluding carboxylic acids is 1. The Bertz CT molecular complexity index is 342. The molecular weight excluding hydrogens is 202 g/mol. The van der Waals surface area contributed by atoms with Gasteiger partial charge in [0.1, 0.15) is 6.54 Å². The van der Waals surface area contributed by atoms with E-state index in [-0.39, 0.29) is 11.9 Å². The molecule has 3 N–H and O–H groups in total. The van der Waals surface area contributed by atoms with Gasteiger partial charge in [0.05, 0.1) is 0 Å². The first kappa shape index (κ1) is 12.8. The fourth-order valence-electron chi connectivity index (χ4n) is 1.51. The first-order chi connectivity index (χ1) is 7.50. The lowest BCUT2D eigenvalue weighted by Gasteiger charge is -2.12. The zero-order chi connectivity index (χ0) is 12.1. The molecule has 1 aromatic rings. The summed E-state index contributed by atoms with van der Waals surface area (Å²) in [7, 11) is 0. The highest BCUT2D eigenvalue weighted by Crippen LogP contribution is 2.10. The summed E-state index contributed by atoms with van der Waals surface area (Å²) in [6.45, 7) is 7.12. The molecule has 16 heavy (non-hydrogen) atoms. The number of nitrogens with two attached hydrogens (primary N) is 1. The van der Waals surface area contributed by atoms with Crippen molar-refractivity contribution in [1.82, 2.24) is 9.88 Å². The smallest absolute Gasteiger partial charge is 0.239 e. The number of hydrogen-bond donors (Lipinski definition) is 2. The molecule has 0 saturated carbocycles. The molecule has 4 nitrogen and oxygen atoms in total. The van der Waals surface area contributed by atoms with Crippen molar-refractivity contribution in [2.45, 2.75) is 33.4 Å². The summed E-state index contributed by atoms with van der Waals surface area (Å²) in [6, 6.07) is 3.81. The second-order valence-corrected chi connectivity index (χ2v) is 4.55. The molecule has 0 fully saturated rings. The molecule has 4 heteroatoms. The second kappa shape index (κ2) is 5.70. The van der Waals surface area contributed by atoms with Crippen molar-refractivity contribution in [3.8, 4) is 0 Å². The number of rotatable bonds is 5. The summed E-state index contributed by atoms with van der Waals surface area (Å²) in [5, 5.41) is 2.89. The highest BCUT2D eigenvalue weighted by molar-refractivity contribution is 5.75. The van der Waals surface area contributed by atoms with Crippen molar-refractivity contribution in [1.29, 1.82) is 0 Å². The van der Waals surface area contributed by atoms with Crippen LogP contribution < -0.4 is 11.1 Å². The molecule has 1 unspecified atom stereocenters. The Morgan fingerprint density at radius 3 is 2.75 bits per heavy atom. The van der Waals surface area contributed by atoms with E-state index in [1.165, 1.54) is 0 Å². The first-order valence-electron chi connectivity index (χ1n) is 5.68. The third-order valence-electron chi connectivity index (χ3n) is 2.35. The number of amides is 1. The number of hydrogen-bond acceptors (Lipinski definition) is 2. The molecule has 0 spiro atoms. The average molecular weight is 223 g/mol. The summed E-state index contributed by atoms with van der Waals surface area (Å²) in [4.78, 5) is 11.6. The van der Waals surface area contributed by atoms with Crippen molar-refractivity contribution in [3.63, 3.8) is 0 Å². The molecule has 0 aliphatic carbocycles. The van der Waals surface area contributed by atoms with E-state index in [2.05, 4.69) is 19.2 Å². The third kappa shape index (κ3) is 3.70. The van der Waals surface area contributed by atoms with E-state index in [1.807, 2.05) is 29.8 Å². The van der Waals surface area contributed by atoms with Gasteiger partial charge in [-0.1, -0.05) is 13.8 Å². The van der Waals surface area contributed by atoms with Gasteiger partial charge >= 0.3 is 0 Å². The fourth-order valence-corrected chi connectivity index (χ4v) is 1.51. The standard InChI is InChI=1S/C12H21N3O/c1-9(2)7-14-12(16)8-15-6-4-5-11(15)10(3)13/h4-6,9-10H,7-8,13H2,1-3H3,(H,14,16). The molecule has 1 atom stereocenters. The highest BCUT2D eigenvalue weighted by atomic mass is 16.1. The summed E-state index contributed by atoms with van der Waals surface area (Å²) >= 11 is 0. The maximum absolute atomic E-state index is 11.6. The van der Waals surface area contributed by atoms with E-state index in [1.54, 1.807) is 0 Å². The number of nitrogens with zero attached hydrogens (tertiary/aromatic N) is 1. The molecule has 0 bridgehead atoms. The molecule has 0 aliphatic rings. The molecule has 0 radical (unpaired) electrons. The topological polar surface area (TPSA) is 60.0 Å². The Kier molecular flexibility index (Phi) is 4.55. The Morgan fingerprint density at radius 1 is 1.50 bits per heavy atom. The van der Waals surface area contributed by atoms with Crippen molar-refractivity contribution < 1.29 is 4.79 Å². The minimum Gasteiger partial charge on any atom is -0.354 e. The van der Waals surface area contributed by atoms with Gasteiger partial charge in [-0.15, -0.1) is 0 Å². The Balaban J connectivity index is 2.53. The van der Waals surface area contributed by atoms with Crippen LogP contribution in [0, 0.1) is 5.92 Å². The predicted octanol–water partition coefficient (Wildman–Crippen LogP) is 1.28. The molecule has 1 amide bonds. The summed E-state index contributed by atoms with van der Waals surface area (Å²) < 4.78 is 1.89. The number of aromatic nitrogens is 1. The van der Waals surface area contributed by atoms with Crippen LogP contribution in [0.3, 0.4) is 0 Å². The molecule has 0 saturated heterocycles. The Labute approximate surface area is 96.8 Å². The van der Waals surface area contributed by atoms with E-state index in [9.17, 15) is 4.79 Å². The predicted molar refractivity (Wildman–Crippen MR) is 64.9 cm³/mol. The Hall–Kier alpha value is -1.29. The van der Waals surface area contributed by atoms with Gasteiger partial charge < -0.3 is 15.6 Å². The van der Waals surface area contributed by atoms with Gasteiger partial charge in [-0.25, -0.2) is 0 Å². The second-order valence-electron chi connectivity index (χ2n) is 4.55. The van der Waals surface area contributed by atoms with Gasteiger partial charge in [-0.3, -0.25) is 4.79 Å². The van der Waals surface area contributed by atoms with E-state index in [0.29, 0.717) is 19.0 Å². The summed E-state index contributed by atoms with van der Waals surface area (Å²) in [5.41, 5.74) is 6.79. The van der Waals surface area contributed by atoms with Crippen LogP contribution in [-0.4, -0.2) is 17.0 Å². The monoisotopic (exact) mass is 223 g/mol. The normalized spacial score (nSPS) is 12.8. The zero-order valence-electron chi connectivity index (χ0n) is 10.2. The maximum atomic E-state index is 11.6. The average Bonchev–Trinajstić information content (AvgIpc) is 2.62. The van der Waals surface area contributed by atoms with Crippen molar-refractivity contribution >= 4 is 5.91 Å². The zero-order valence-corrected chi connectivity index (χ0v) is 10.2. The van der Waals surface area contributed by atoms with Crippen LogP contribution in [0.2, 0.25) is 0 Å². The van der Waals surface area contributed by atoms with Crippen molar-refractivity contribution in [2.75, 3.05) is 6.54 Å². The van der Waals surface area contributed by atoms with Gasteiger partial charge in [0, 0.05) is 24.5 Å². The minimum atomic E-state index is -0.0482. The van der Waals surface area contributed by atoms with Crippen LogP contribution in [0.4, 0.5) is 0 Å². The van der Waals surface area contributed by atoms with Crippen LogP contribution in [0.5, 0.6) is 0 Å². The molecule has 1 heterocycles. The third-order valence-corrected chi connectivity index (χ3v) is 2.35. The molecule has 1 rings (SSSR count). The van der Waals surface area contributed by atoms with Gasteiger partial charge in [0.2, 0.25) is 5.91 Å². The van der Waals surface area contributed by atoms with E-state index < -0.39 is 0 Å². The van der Waals surface area contributed by atoms with E-state index in [4.69, 9.17) is 5.73 Å². The van der Waals surface area contributed by atoms with Gasteiger partial charge in [0.25, 0.3) is 0 Å². The highest BCUT2D eigenvalue weighted by Gasteiger charge is 2.09. The number of carbonyl (C=O) groups is 1. The summed E-state index contributed by atoms with van der Waals surface area (Å²) in [6.07, 6.45) is 1.88. The molecule has 0 aromatic carbocycles. The van der Waals surface area contributed by atoms with Gasteiger partial charge in [0.15, 0.2) is 0 Å². The molecule has 90 valence electrons. The summed E-state index contributed by atoms with van der Waals surface area (Å²) in [5.74, 6) is 0.508. The molecule has 0 aliphatic heterocycles. The van der Waals surface area contributed by atoms with E-state index >= 15 is 0 Å². The number of nitrogens with one attached hydrogen (secondary N) is 1.